The van der Waals surface area contributed by atoms with E-state index in [9.17, 15) is 4.79 Å². The number of carbonyl (C=O) groups is 1. The highest BCUT2D eigenvalue weighted by molar-refractivity contribution is 5.80. The van der Waals surface area contributed by atoms with Crippen molar-refractivity contribution in [1.29, 1.82) is 0 Å². The van der Waals surface area contributed by atoms with Crippen LogP contribution in [0.25, 0.3) is 22.5 Å². The SMILES string of the molecule is CCCCC(=O)NCc1ccc(-c2ccccc2-c2nn[nH]n2)cc1. The van der Waals surface area contributed by atoms with Crippen LogP contribution in [0.15, 0.2) is 48.5 Å². The number of nitrogens with zero attached hydrogens (tertiary/aromatic N) is 3. The minimum absolute atomic E-state index is 0.105. The molecule has 0 fully saturated rings. The molecule has 1 amide bonds. The average Bonchev–Trinajstić information content (AvgIpc) is 3.20. The largest absolute Gasteiger partial charge is 0.352 e. The van der Waals surface area contributed by atoms with E-state index in [4.69, 9.17) is 0 Å². The molecule has 0 saturated heterocycles. The lowest BCUT2D eigenvalue weighted by atomic mass is 9.98. The van der Waals surface area contributed by atoms with Crippen molar-refractivity contribution in [2.24, 2.45) is 0 Å². The molecule has 0 aliphatic carbocycles. The first-order valence-corrected chi connectivity index (χ1v) is 8.47. The Morgan fingerprint density at radius 2 is 1.84 bits per heavy atom. The van der Waals surface area contributed by atoms with Crippen LogP contribution >= 0.6 is 0 Å². The third-order valence-electron chi connectivity index (χ3n) is 4.03. The predicted octanol–water partition coefficient (Wildman–Crippen LogP) is 3.34. The van der Waals surface area contributed by atoms with Gasteiger partial charge in [0.15, 0.2) is 0 Å². The molecule has 3 rings (SSSR count). The number of aromatic amines is 1. The summed E-state index contributed by atoms with van der Waals surface area (Å²) in [6.45, 7) is 2.63. The van der Waals surface area contributed by atoms with Crippen molar-refractivity contribution in [2.45, 2.75) is 32.7 Å². The molecule has 6 nitrogen and oxygen atoms in total. The second kappa shape index (κ2) is 8.19. The lowest BCUT2D eigenvalue weighted by Gasteiger charge is -2.09. The molecule has 25 heavy (non-hydrogen) atoms. The fourth-order valence-corrected chi connectivity index (χ4v) is 2.63. The van der Waals surface area contributed by atoms with E-state index in [1.54, 1.807) is 0 Å². The average molecular weight is 335 g/mol. The van der Waals surface area contributed by atoms with E-state index in [1.807, 2.05) is 48.5 Å². The molecule has 0 saturated carbocycles. The fraction of sp³-hybridized carbons (Fsp3) is 0.263. The van der Waals surface area contributed by atoms with Crippen LogP contribution < -0.4 is 5.32 Å². The normalized spacial score (nSPS) is 10.6. The van der Waals surface area contributed by atoms with Gasteiger partial charge in [-0.25, -0.2) is 0 Å². The quantitative estimate of drug-likeness (QED) is 0.693. The number of rotatable bonds is 7. The van der Waals surface area contributed by atoms with Gasteiger partial charge in [-0.15, -0.1) is 10.2 Å². The first kappa shape index (κ1) is 16.8. The van der Waals surface area contributed by atoms with E-state index in [2.05, 4.69) is 32.9 Å². The molecule has 1 heterocycles. The van der Waals surface area contributed by atoms with Crippen molar-refractivity contribution < 1.29 is 4.79 Å². The molecule has 3 aromatic rings. The van der Waals surface area contributed by atoms with E-state index >= 15 is 0 Å². The molecule has 2 N–H and O–H groups in total. The minimum Gasteiger partial charge on any atom is -0.352 e. The molecule has 128 valence electrons. The van der Waals surface area contributed by atoms with Crippen molar-refractivity contribution in [1.82, 2.24) is 25.9 Å². The summed E-state index contributed by atoms with van der Waals surface area (Å²) in [5, 5.41) is 17.2. The van der Waals surface area contributed by atoms with Gasteiger partial charge in [-0.3, -0.25) is 4.79 Å². The zero-order valence-corrected chi connectivity index (χ0v) is 14.2. The van der Waals surface area contributed by atoms with Crippen molar-refractivity contribution in [3.63, 3.8) is 0 Å². The number of tetrazole rings is 1. The Balaban J connectivity index is 1.72. The van der Waals surface area contributed by atoms with Gasteiger partial charge < -0.3 is 5.32 Å². The first-order chi connectivity index (χ1) is 12.3. The molecular weight excluding hydrogens is 314 g/mol. The number of aromatic nitrogens is 4. The van der Waals surface area contributed by atoms with Gasteiger partial charge in [0.1, 0.15) is 0 Å². The highest BCUT2D eigenvalue weighted by Gasteiger charge is 2.10. The minimum atomic E-state index is 0.105. The molecule has 6 heteroatoms. The summed E-state index contributed by atoms with van der Waals surface area (Å²) >= 11 is 0. The van der Waals surface area contributed by atoms with Gasteiger partial charge in [0, 0.05) is 18.5 Å². The summed E-state index contributed by atoms with van der Waals surface area (Å²) in [4.78, 5) is 11.7. The highest BCUT2D eigenvalue weighted by atomic mass is 16.1. The van der Waals surface area contributed by atoms with Crippen LogP contribution in [-0.4, -0.2) is 26.5 Å². The van der Waals surface area contributed by atoms with E-state index in [-0.39, 0.29) is 5.91 Å². The van der Waals surface area contributed by atoms with Crippen LogP contribution in [0.5, 0.6) is 0 Å². The van der Waals surface area contributed by atoms with Gasteiger partial charge in [0.25, 0.3) is 0 Å². The van der Waals surface area contributed by atoms with Gasteiger partial charge in [0.05, 0.1) is 0 Å². The van der Waals surface area contributed by atoms with Crippen molar-refractivity contribution in [2.75, 3.05) is 0 Å². The van der Waals surface area contributed by atoms with Crippen LogP contribution in [0.2, 0.25) is 0 Å². The van der Waals surface area contributed by atoms with Gasteiger partial charge in [-0.1, -0.05) is 61.9 Å². The summed E-state index contributed by atoms with van der Waals surface area (Å²) in [6.07, 6.45) is 2.55. The van der Waals surface area contributed by atoms with Crippen LogP contribution in [0.1, 0.15) is 31.7 Å². The number of unbranched alkanes of at least 4 members (excludes halogenated alkanes) is 1. The van der Waals surface area contributed by atoms with Gasteiger partial charge in [0.2, 0.25) is 11.7 Å². The Morgan fingerprint density at radius 1 is 1.08 bits per heavy atom. The number of H-pyrrole nitrogens is 1. The van der Waals surface area contributed by atoms with Crippen LogP contribution in [-0.2, 0) is 11.3 Å². The lowest BCUT2D eigenvalue weighted by molar-refractivity contribution is -0.121. The van der Waals surface area contributed by atoms with Gasteiger partial charge >= 0.3 is 0 Å². The Labute approximate surface area is 146 Å². The third-order valence-corrected chi connectivity index (χ3v) is 4.03. The Bertz CT molecular complexity index is 812. The Kier molecular flexibility index (Phi) is 5.51. The summed E-state index contributed by atoms with van der Waals surface area (Å²) in [6, 6.07) is 16.1. The molecule has 0 spiro atoms. The summed E-state index contributed by atoms with van der Waals surface area (Å²) in [5.41, 5.74) is 4.12. The van der Waals surface area contributed by atoms with E-state index in [1.165, 1.54) is 0 Å². The maximum Gasteiger partial charge on any atom is 0.220 e. The van der Waals surface area contributed by atoms with Gasteiger partial charge in [-0.2, -0.15) is 5.21 Å². The molecule has 0 atom stereocenters. The van der Waals surface area contributed by atoms with Crippen LogP contribution in [0.3, 0.4) is 0 Å². The monoisotopic (exact) mass is 335 g/mol. The standard InChI is InChI=1S/C19H21N5O/c1-2-3-8-18(25)20-13-14-9-11-15(12-10-14)16-6-4-5-7-17(16)19-21-23-24-22-19/h4-7,9-12H,2-3,8,13H2,1H3,(H,20,25)(H,21,22,23,24). The molecule has 0 unspecified atom stereocenters. The third kappa shape index (κ3) is 4.29. The smallest absolute Gasteiger partial charge is 0.220 e. The zero-order valence-electron chi connectivity index (χ0n) is 14.2. The summed E-state index contributed by atoms with van der Waals surface area (Å²) in [5.74, 6) is 0.677. The van der Waals surface area contributed by atoms with Crippen molar-refractivity contribution >= 4 is 5.91 Å². The summed E-state index contributed by atoms with van der Waals surface area (Å²) < 4.78 is 0. The second-order valence-electron chi connectivity index (χ2n) is 5.86. The van der Waals surface area contributed by atoms with Crippen LogP contribution in [0.4, 0.5) is 0 Å². The predicted molar refractivity (Wildman–Crippen MR) is 96.4 cm³/mol. The number of amides is 1. The molecule has 1 aromatic heterocycles. The van der Waals surface area contributed by atoms with Crippen molar-refractivity contribution in [3.8, 4) is 22.5 Å². The molecular formula is C19H21N5O. The number of nitrogens with one attached hydrogen (secondary N) is 2. The van der Waals surface area contributed by atoms with Crippen molar-refractivity contribution in [3.05, 3.63) is 54.1 Å². The first-order valence-electron chi connectivity index (χ1n) is 8.47. The maximum atomic E-state index is 11.7. The molecule has 2 aromatic carbocycles. The Morgan fingerprint density at radius 3 is 2.52 bits per heavy atom. The molecule has 0 radical (unpaired) electrons. The van der Waals surface area contributed by atoms with Crippen LogP contribution in [0, 0.1) is 0 Å². The fourth-order valence-electron chi connectivity index (χ4n) is 2.63. The van der Waals surface area contributed by atoms with E-state index < -0.39 is 0 Å². The second-order valence-corrected chi connectivity index (χ2v) is 5.86. The number of hydrogen-bond donors (Lipinski definition) is 2. The van der Waals surface area contributed by atoms with E-state index in [0.29, 0.717) is 18.8 Å². The number of benzene rings is 2. The lowest BCUT2D eigenvalue weighted by Crippen LogP contribution is -2.22. The number of carbonyl (C=O) groups excluding carboxylic acids is 1. The van der Waals surface area contributed by atoms with Gasteiger partial charge in [-0.05, 0) is 28.3 Å². The Hall–Kier alpha value is -3.02. The molecule has 0 aliphatic rings. The molecule has 0 aliphatic heterocycles. The maximum absolute atomic E-state index is 11.7. The summed E-state index contributed by atoms with van der Waals surface area (Å²) in [7, 11) is 0. The topological polar surface area (TPSA) is 83.6 Å². The van der Waals surface area contributed by atoms with E-state index in [0.717, 1.165) is 35.1 Å². The number of hydrogen-bond acceptors (Lipinski definition) is 4. The molecule has 0 bridgehead atoms. The zero-order chi connectivity index (χ0) is 17.5. The highest BCUT2D eigenvalue weighted by Crippen LogP contribution is 2.29.